The van der Waals surface area contributed by atoms with Crippen molar-refractivity contribution in [2.24, 2.45) is 0 Å². The maximum Gasteiger partial charge on any atom is 0.254 e. The molecule has 2 aromatic carbocycles. The van der Waals surface area contributed by atoms with E-state index in [2.05, 4.69) is 0 Å². The molecular weight excluding hydrogens is 434 g/mol. The Kier molecular flexibility index (Phi) is 5.77. The van der Waals surface area contributed by atoms with Crippen molar-refractivity contribution in [1.29, 1.82) is 0 Å². The summed E-state index contributed by atoms with van der Waals surface area (Å²) < 4.78 is 34.5. The van der Waals surface area contributed by atoms with Crippen LogP contribution in [0.4, 0.5) is 0 Å². The molecule has 8 heteroatoms. The maximum absolute atomic E-state index is 13.5. The SMILES string of the molecule is COc1cc2c(cc1OC)C(c1cccs1)N(C(=O)c1ccc(S(C)(=O)=O)cc1)CC2. The zero-order chi connectivity index (χ0) is 22.2. The Morgan fingerprint density at radius 3 is 2.32 bits per heavy atom. The number of benzene rings is 2. The van der Waals surface area contributed by atoms with Crippen LogP contribution in [0.3, 0.4) is 0 Å². The molecule has 3 aromatic rings. The minimum Gasteiger partial charge on any atom is -0.493 e. The van der Waals surface area contributed by atoms with Crippen molar-refractivity contribution in [3.63, 3.8) is 0 Å². The normalized spacial score (nSPS) is 16.0. The standard InChI is InChI=1S/C23H23NO5S2/c1-28-19-13-16-10-11-24(23(25)15-6-8-17(9-7-15)31(3,26)27)22(21-5-4-12-30-21)18(16)14-20(19)29-2/h4-9,12-14,22H,10-11H2,1-3H3. The van der Waals surface area contributed by atoms with Crippen LogP contribution in [0.1, 0.15) is 32.4 Å². The first-order valence-corrected chi connectivity index (χ1v) is 12.5. The first-order chi connectivity index (χ1) is 14.8. The van der Waals surface area contributed by atoms with Gasteiger partial charge in [0.2, 0.25) is 0 Å². The van der Waals surface area contributed by atoms with Gasteiger partial charge in [0, 0.05) is 23.2 Å². The molecule has 1 aliphatic rings. The summed E-state index contributed by atoms with van der Waals surface area (Å²) in [5.74, 6) is 1.15. The van der Waals surface area contributed by atoms with E-state index in [9.17, 15) is 13.2 Å². The van der Waals surface area contributed by atoms with Gasteiger partial charge in [-0.25, -0.2) is 8.42 Å². The Bertz CT molecular complexity index is 1200. The van der Waals surface area contributed by atoms with Gasteiger partial charge in [-0.2, -0.15) is 0 Å². The summed E-state index contributed by atoms with van der Waals surface area (Å²) in [6, 6.07) is 13.8. The second-order valence-corrected chi connectivity index (χ2v) is 10.4. The number of nitrogens with zero attached hydrogens (tertiary/aromatic N) is 1. The summed E-state index contributed by atoms with van der Waals surface area (Å²) in [7, 11) is -0.112. The average Bonchev–Trinajstić information content (AvgIpc) is 3.30. The van der Waals surface area contributed by atoms with Crippen LogP contribution < -0.4 is 9.47 Å². The molecule has 6 nitrogen and oxygen atoms in total. The monoisotopic (exact) mass is 457 g/mol. The number of fused-ring (bicyclic) bond motifs is 1. The molecule has 0 saturated carbocycles. The Morgan fingerprint density at radius 1 is 1.06 bits per heavy atom. The lowest BCUT2D eigenvalue weighted by Gasteiger charge is -2.37. The summed E-state index contributed by atoms with van der Waals surface area (Å²) >= 11 is 1.59. The van der Waals surface area contributed by atoms with E-state index in [-0.39, 0.29) is 16.8 Å². The van der Waals surface area contributed by atoms with Crippen LogP contribution in [-0.4, -0.2) is 46.2 Å². The van der Waals surface area contributed by atoms with Crippen molar-refractivity contribution in [3.8, 4) is 11.5 Å². The molecule has 162 valence electrons. The second-order valence-electron chi connectivity index (χ2n) is 7.37. The minimum absolute atomic E-state index is 0.140. The van der Waals surface area contributed by atoms with E-state index < -0.39 is 9.84 Å². The van der Waals surface area contributed by atoms with E-state index in [0.717, 1.165) is 22.3 Å². The van der Waals surface area contributed by atoms with Gasteiger partial charge in [0.15, 0.2) is 21.3 Å². The highest BCUT2D eigenvalue weighted by molar-refractivity contribution is 7.90. The van der Waals surface area contributed by atoms with Gasteiger partial charge in [-0.15, -0.1) is 11.3 Å². The molecule has 1 unspecified atom stereocenters. The van der Waals surface area contributed by atoms with Gasteiger partial charge in [-0.1, -0.05) is 6.07 Å². The lowest BCUT2D eigenvalue weighted by molar-refractivity contribution is 0.0696. The van der Waals surface area contributed by atoms with Gasteiger partial charge in [0.1, 0.15) is 0 Å². The van der Waals surface area contributed by atoms with Crippen LogP contribution in [0.2, 0.25) is 0 Å². The van der Waals surface area contributed by atoms with Gasteiger partial charge in [0.05, 0.1) is 25.2 Å². The maximum atomic E-state index is 13.5. The fourth-order valence-corrected chi connectivity index (χ4v) is 5.41. The number of methoxy groups -OCH3 is 2. The first-order valence-electron chi connectivity index (χ1n) is 9.72. The van der Waals surface area contributed by atoms with E-state index >= 15 is 0 Å². The van der Waals surface area contributed by atoms with Crippen LogP contribution >= 0.6 is 11.3 Å². The van der Waals surface area contributed by atoms with Crippen molar-refractivity contribution in [2.45, 2.75) is 17.4 Å². The number of carbonyl (C=O) groups is 1. The fourth-order valence-electron chi connectivity index (χ4n) is 3.93. The molecule has 0 bridgehead atoms. The van der Waals surface area contributed by atoms with Crippen molar-refractivity contribution in [2.75, 3.05) is 27.0 Å². The Hall–Kier alpha value is -2.84. The first kappa shape index (κ1) is 21.4. The molecule has 0 spiro atoms. The zero-order valence-electron chi connectivity index (χ0n) is 17.5. The molecule has 0 N–H and O–H groups in total. The predicted octanol–water partition coefficient (Wildman–Crippen LogP) is 3.96. The number of thiophene rings is 1. The average molecular weight is 458 g/mol. The van der Waals surface area contributed by atoms with Gasteiger partial charge < -0.3 is 14.4 Å². The van der Waals surface area contributed by atoms with Crippen molar-refractivity contribution >= 4 is 27.1 Å². The van der Waals surface area contributed by atoms with Crippen molar-refractivity contribution in [1.82, 2.24) is 4.90 Å². The van der Waals surface area contributed by atoms with Crippen LogP contribution in [0.25, 0.3) is 0 Å². The van der Waals surface area contributed by atoms with Gasteiger partial charge in [-0.05, 0) is 65.4 Å². The van der Waals surface area contributed by atoms with E-state index in [0.29, 0.717) is 30.0 Å². The Balaban J connectivity index is 1.77. The molecule has 0 aliphatic carbocycles. The number of amides is 1. The Labute approximate surface area is 186 Å². The van der Waals surface area contributed by atoms with Crippen LogP contribution in [-0.2, 0) is 16.3 Å². The fraction of sp³-hybridized carbons (Fsp3) is 0.261. The van der Waals surface area contributed by atoms with Crippen molar-refractivity contribution in [3.05, 3.63) is 75.5 Å². The van der Waals surface area contributed by atoms with Gasteiger partial charge in [0.25, 0.3) is 5.91 Å². The lowest BCUT2D eigenvalue weighted by atomic mass is 9.90. The van der Waals surface area contributed by atoms with E-state index in [4.69, 9.17) is 9.47 Å². The number of carbonyl (C=O) groups excluding carboxylic acids is 1. The van der Waals surface area contributed by atoms with E-state index in [1.165, 1.54) is 12.1 Å². The molecule has 4 rings (SSSR count). The topological polar surface area (TPSA) is 72.9 Å². The molecule has 2 heterocycles. The number of hydrogen-bond donors (Lipinski definition) is 0. The number of sulfone groups is 1. The third-order valence-corrected chi connectivity index (χ3v) is 7.53. The predicted molar refractivity (Wildman–Crippen MR) is 120 cm³/mol. The molecule has 1 aromatic heterocycles. The highest BCUT2D eigenvalue weighted by Crippen LogP contribution is 2.42. The molecule has 0 radical (unpaired) electrons. The van der Waals surface area contributed by atoms with Gasteiger partial charge >= 0.3 is 0 Å². The smallest absolute Gasteiger partial charge is 0.254 e. The molecule has 1 amide bonds. The number of rotatable bonds is 5. The van der Waals surface area contributed by atoms with E-state index in [1.807, 2.05) is 34.5 Å². The zero-order valence-corrected chi connectivity index (χ0v) is 19.1. The van der Waals surface area contributed by atoms with Crippen LogP contribution in [0.5, 0.6) is 11.5 Å². The molecular formula is C23H23NO5S2. The molecule has 1 atom stereocenters. The summed E-state index contributed by atoms with van der Waals surface area (Å²) in [6.07, 6.45) is 1.84. The summed E-state index contributed by atoms with van der Waals surface area (Å²) in [5.41, 5.74) is 2.58. The second kappa shape index (κ2) is 8.36. The highest BCUT2D eigenvalue weighted by Gasteiger charge is 2.34. The number of hydrogen-bond acceptors (Lipinski definition) is 6. The largest absolute Gasteiger partial charge is 0.493 e. The number of ether oxygens (including phenoxy) is 2. The van der Waals surface area contributed by atoms with Crippen molar-refractivity contribution < 1.29 is 22.7 Å². The summed E-state index contributed by atoms with van der Waals surface area (Å²) in [5, 5.41) is 1.99. The van der Waals surface area contributed by atoms with Crippen LogP contribution in [0, 0.1) is 0 Å². The van der Waals surface area contributed by atoms with E-state index in [1.54, 1.807) is 37.7 Å². The minimum atomic E-state index is -3.32. The Morgan fingerprint density at radius 2 is 1.74 bits per heavy atom. The lowest BCUT2D eigenvalue weighted by Crippen LogP contribution is -2.40. The quantitative estimate of drug-likeness (QED) is 0.580. The summed E-state index contributed by atoms with van der Waals surface area (Å²) in [4.78, 5) is 16.6. The molecule has 31 heavy (non-hydrogen) atoms. The summed E-state index contributed by atoms with van der Waals surface area (Å²) in [6.45, 7) is 0.539. The molecule has 1 aliphatic heterocycles. The third-order valence-electron chi connectivity index (χ3n) is 5.48. The van der Waals surface area contributed by atoms with Gasteiger partial charge in [-0.3, -0.25) is 4.79 Å². The molecule has 0 fully saturated rings. The molecule has 0 saturated heterocycles. The third kappa shape index (κ3) is 4.05. The van der Waals surface area contributed by atoms with Crippen LogP contribution in [0.15, 0.2) is 58.8 Å². The highest BCUT2D eigenvalue weighted by atomic mass is 32.2.